The van der Waals surface area contributed by atoms with Crippen LogP contribution in [0.2, 0.25) is 0 Å². The molecule has 8 heteroatoms. The van der Waals surface area contributed by atoms with Crippen molar-refractivity contribution >= 4 is 11.6 Å². The topological polar surface area (TPSA) is 93.3 Å². The van der Waals surface area contributed by atoms with Gasteiger partial charge in [-0.2, -0.15) is 0 Å². The lowest BCUT2D eigenvalue weighted by molar-refractivity contribution is -0.384. The second kappa shape index (κ2) is 6.17. The van der Waals surface area contributed by atoms with Crippen molar-refractivity contribution < 1.29 is 9.72 Å². The lowest BCUT2D eigenvalue weighted by Gasteiger charge is -2.31. The van der Waals surface area contributed by atoms with Crippen LogP contribution in [0, 0.1) is 10.1 Å². The predicted molar refractivity (Wildman–Crippen MR) is 83.6 cm³/mol. The van der Waals surface area contributed by atoms with E-state index >= 15 is 0 Å². The van der Waals surface area contributed by atoms with Crippen molar-refractivity contribution in [1.82, 2.24) is 19.8 Å². The van der Waals surface area contributed by atoms with Gasteiger partial charge in [-0.05, 0) is 19.1 Å². The molecule has 1 N–H and O–H groups in total. The molecule has 1 amide bonds. The van der Waals surface area contributed by atoms with Crippen LogP contribution in [0.1, 0.15) is 17.3 Å². The molecule has 120 valence electrons. The number of nitrogens with zero attached hydrogens (tertiary/aromatic N) is 4. The van der Waals surface area contributed by atoms with Crippen LogP contribution >= 0.6 is 0 Å². The van der Waals surface area contributed by atoms with Gasteiger partial charge in [0, 0.05) is 49.7 Å². The molecule has 2 heterocycles. The van der Waals surface area contributed by atoms with Gasteiger partial charge < -0.3 is 14.8 Å². The Hall–Kier alpha value is -2.74. The number of carbonyl (C=O) groups is 1. The molecular weight excluding hydrogens is 298 g/mol. The van der Waals surface area contributed by atoms with Crippen molar-refractivity contribution in [3.63, 3.8) is 0 Å². The average molecular weight is 315 g/mol. The summed E-state index contributed by atoms with van der Waals surface area (Å²) in [5, 5.41) is 14.6. The monoisotopic (exact) mass is 315 g/mol. The fourth-order valence-corrected chi connectivity index (χ4v) is 2.72. The van der Waals surface area contributed by atoms with Crippen molar-refractivity contribution in [3.8, 4) is 5.69 Å². The first-order valence-electron chi connectivity index (χ1n) is 7.35. The van der Waals surface area contributed by atoms with Gasteiger partial charge in [0.2, 0.25) is 0 Å². The minimum absolute atomic E-state index is 0.114. The maximum Gasteiger partial charge on any atom is 0.294 e. The third-order valence-electron chi connectivity index (χ3n) is 3.86. The fourth-order valence-electron chi connectivity index (χ4n) is 2.72. The van der Waals surface area contributed by atoms with E-state index in [4.69, 9.17) is 0 Å². The van der Waals surface area contributed by atoms with Crippen LogP contribution in [0.25, 0.3) is 5.69 Å². The Morgan fingerprint density at radius 1 is 1.48 bits per heavy atom. The van der Waals surface area contributed by atoms with Crippen molar-refractivity contribution in [2.75, 3.05) is 19.6 Å². The minimum atomic E-state index is -0.480. The molecule has 1 aromatic heterocycles. The highest BCUT2D eigenvalue weighted by atomic mass is 16.6. The Balaban J connectivity index is 1.93. The van der Waals surface area contributed by atoms with Gasteiger partial charge in [-0.15, -0.1) is 0 Å². The molecular formula is C15H17N5O3. The molecule has 0 radical (unpaired) electrons. The maximum absolute atomic E-state index is 12.6. The molecule has 1 atom stereocenters. The standard InChI is InChI=1S/C15H17N5O3/c1-11-9-18(7-5-17-11)15(21)12-2-3-13(14(8-12)20(22)23)19-6-4-16-10-19/h2-4,6,8,10-11,17H,5,7,9H2,1H3. The highest BCUT2D eigenvalue weighted by Crippen LogP contribution is 2.25. The first-order chi connectivity index (χ1) is 11.1. The van der Waals surface area contributed by atoms with E-state index in [0.717, 1.165) is 6.54 Å². The van der Waals surface area contributed by atoms with E-state index in [9.17, 15) is 14.9 Å². The summed E-state index contributed by atoms with van der Waals surface area (Å²) >= 11 is 0. The summed E-state index contributed by atoms with van der Waals surface area (Å²) in [6.07, 6.45) is 4.66. The molecule has 0 bridgehead atoms. The summed E-state index contributed by atoms with van der Waals surface area (Å²) in [4.78, 5) is 29.1. The summed E-state index contributed by atoms with van der Waals surface area (Å²) in [7, 11) is 0. The lowest BCUT2D eigenvalue weighted by atomic mass is 10.1. The SMILES string of the molecule is CC1CN(C(=O)c2ccc(-n3ccnc3)c([N+](=O)[O-])c2)CCN1. The first-order valence-corrected chi connectivity index (χ1v) is 7.35. The summed E-state index contributed by atoms with van der Waals surface area (Å²) in [6, 6.07) is 4.76. The summed E-state index contributed by atoms with van der Waals surface area (Å²) < 4.78 is 1.55. The normalized spacial score (nSPS) is 18.0. The zero-order chi connectivity index (χ0) is 16.4. The van der Waals surface area contributed by atoms with Crippen molar-refractivity contribution in [2.24, 2.45) is 0 Å². The average Bonchev–Trinajstić information content (AvgIpc) is 3.08. The molecule has 0 spiro atoms. The third-order valence-corrected chi connectivity index (χ3v) is 3.86. The lowest BCUT2D eigenvalue weighted by Crippen LogP contribution is -2.51. The van der Waals surface area contributed by atoms with Crippen LogP contribution in [-0.2, 0) is 0 Å². The van der Waals surface area contributed by atoms with Gasteiger partial charge >= 0.3 is 0 Å². The fraction of sp³-hybridized carbons (Fsp3) is 0.333. The van der Waals surface area contributed by atoms with E-state index in [1.807, 2.05) is 6.92 Å². The number of carbonyl (C=O) groups excluding carboxylic acids is 1. The number of hydrogen-bond acceptors (Lipinski definition) is 5. The van der Waals surface area contributed by atoms with E-state index in [1.54, 1.807) is 34.0 Å². The molecule has 1 aromatic carbocycles. The quantitative estimate of drug-likeness (QED) is 0.679. The summed E-state index contributed by atoms with van der Waals surface area (Å²) in [6.45, 7) is 3.92. The molecule has 1 aliphatic rings. The van der Waals surface area contributed by atoms with E-state index in [-0.39, 0.29) is 17.6 Å². The highest BCUT2D eigenvalue weighted by molar-refractivity contribution is 5.95. The second-order valence-corrected chi connectivity index (χ2v) is 5.54. The van der Waals surface area contributed by atoms with Crippen LogP contribution in [0.3, 0.4) is 0 Å². The van der Waals surface area contributed by atoms with Crippen molar-refractivity contribution in [1.29, 1.82) is 0 Å². The molecule has 1 saturated heterocycles. The number of nitro benzene ring substituents is 1. The number of imidazole rings is 1. The Labute approximate surface area is 132 Å². The predicted octanol–water partition coefficient (Wildman–Crippen LogP) is 1.21. The van der Waals surface area contributed by atoms with Gasteiger partial charge in [0.15, 0.2) is 0 Å². The van der Waals surface area contributed by atoms with Crippen LogP contribution < -0.4 is 5.32 Å². The smallest absolute Gasteiger partial charge is 0.294 e. The first kappa shape index (κ1) is 15.2. The van der Waals surface area contributed by atoms with Crippen LogP contribution in [-0.4, -0.2) is 51.0 Å². The van der Waals surface area contributed by atoms with Gasteiger partial charge in [-0.1, -0.05) is 0 Å². The van der Waals surface area contributed by atoms with E-state index in [0.29, 0.717) is 24.3 Å². The van der Waals surface area contributed by atoms with Gasteiger partial charge in [0.05, 0.1) is 11.3 Å². The zero-order valence-electron chi connectivity index (χ0n) is 12.7. The number of nitro groups is 1. The Morgan fingerprint density at radius 2 is 2.30 bits per heavy atom. The molecule has 1 aliphatic heterocycles. The van der Waals surface area contributed by atoms with Gasteiger partial charge in [-0.3, -0.25) is 14.9 Å². The molecule has 23 heavy (non-hydrogen) atoms. The van der Waals surface area contributed by atoms with Gasteiger partial charge in [-0.25, -0.2) is 4.98 Å². The molecule has 1 fully saturated rings. The zero-order valence-corrected chi connectivity index (χ0v) is 12.7. The number of rotatable bonds is 3. The maximum atomic E-state index is 12.6. The molecule has 3 rings (SSSR count). The largest absolute Gasteiger partial charge is 0.336 e. The van der Waals surface area contributed by atoms with Crippen LogP contribution in [0.15, 0.2) is 36.9 Å². The van der Waals surface area contributed by atoms with Gasteiger partial charge in [0.1, 0.15) is 5.69 Å². The molecule has 0 saturated carbocycles. The Kier molecular flexibility index (Phi) is 4.07. The minimum Gasteiger partial charge on any atom is -0.336 e. The Bertz CT molecular complexity index is 729. The second-order valence-electron chi connectivity index (χ2n) is 5.54. The molecule has 0 aliphatic carbocycles. The van der Waals surface area contributed by atoms with Gasteiger partial charge in [0.25, 0.3) is 11.6 Å². The Morgan fingerprint density at radius 3 is 2.96 bits per heavy atom. The van der Waals surface area contributed by atoms with Crippen LogP contribution in [0.4, 0.5) is 5.69 Å². The van der Waals surface area contributed by atoms with E-state index in [1.165, 1.54) is 12.4 Å². The van der Waals surface area contributed by atoms with Crippen molar-refractivity contribution in [2.45, 2.75) is 13.0 Å². The number of amides is 1. The van der Waals surface area contributed by atoms with E-state index in [2.05, 4.69) is 10.3 Å². The van der Waals surface area contributed by atoms with Crippen molar-refractivity contribution in [3.05, 3.63) is 52.6 Å². The third kappa shape index (κ3) is 3.07. The van der Waals surface area contributed by atoms with Crippen LogP contribution in [0.5, 0.6) is 0 Å². The number of hydrogen-bond donors (Lipinski definition) is 1. The molecule has 8 nitrogen and oxygen atoms in total. The highest BCUT2D eigenvalue weighted by Gasteiger charge is 2.24. The number of nitrogens with one attached hydrogen (secondary N) is 1. The molecule has 1 unspecified atom stereocenters. The summed E-state index contributed by atoms with van der Waals surface area (Å²) in [5.74, 6) is -0.182. The van der Waals surface area contributed by atoms with E-state index < -0.39 is 4.92 Å². The molecule has 2 aromatic rings. The number of benzene rings is 1. The number of piperazine rings is 1. The summed E-state index contributed by atoms with van der Waals surface area (Å²) in [5.41, 5.74) is 0.601. The number of aromatic nitrogens is 2.